The van der Waals surface area contributed by atoms with Crippen molar-refractivity contribution in [2.75, 3.05) is 19.6 Å². The molecule has 0 aromatic heterocycles. The Morgan fingerprint density at radius 2 is 2.18 bits per heavy atom. The maximum Gasteiger partial charge on any atom is 0.410 e. The molecular weight excluding hydrogens is 220 g/mol. The first-order chi connectivity index (χ1) is 7.88. The van der Waals surface area contributed by atoms with Crippen LogP contribution in [0.25, 0.3) is 0 Å². The van der Waals surface area contributed by atoms with Crippen molar-refractivity contribution in [2.24, 2.45) is 5.92 Å². The number of amides is 1. The van der Waals surface area contributed by atoms with Crippen LogP contribution in [0.2, 0.25) is 0 Å². The van der Waals surface area contributed by atoms with Crippen LogP contribution >= 0.6 is 0 Å². The highest BCUT2D eigenvalue weighted by atomic mass is 16.6. The molecule has 2 aliphatic heterocycles. The Hall–Kier alpha value is -0.810. The van der Waals surface area contributed by atoms with Gasteiger partial charge in [0.05, 0.1) is 18.7 Å². The third-order valence-electron chi connectivity index (χ3n) is 3.41. The van der Waals surface area contributed by atoms with E-state index in [-0.39, 0.29) is 18.1 Å². The molecule has 17 heavy (non-hydrogen) atoms. The minimum absolute atomic E-state index is 0.0774. The number of rotatable bonds is 0. The maximum atomic E-state index is 12.0. The van der Waals surface area contributed by atoms with Gasteiger partial charge in [-0.3, -0.25) is 0 Å². The van der Waals surface area contributed by atoms with Crippen LogP contribution in [-0.4, -0.2) is 53.5 Å². The number of ether oxygens (including phenoxy) is 1. The van der Waals surface area contributed by atoms with Crippen LogP contribution in [0.5, 0.6) is 0 Å². The van der Waals surface area contributed by atoms with Crippen molar-refractivity contribution in [3.63, 3.8) is 0 Å². The van der Waals surface area contributed by atoms with Gasteiger partial charge in [-0.25, -0.2) is 4.79 Å². The van der Waals surface area contributed by atoms with Gasteiger partial charge in [0.25, 0.3) is 0 Å². The highest BCUT2D eigenvalue weighted by Gasteiger charge is 2.45. The largest absolute Gasteiger partial charge is 0.444 e. The Labute approximate surface area is 102 Å². The maximum absolute atomic E-state index is 12.0. The van der Waals surface area contributed by atoms with Gasteiger partial charge in [0.15, 0.2) is 0 Å². The van der Waals surface area contributed by atoms with Crippen molar-refractivity contribution in [2.45, 2.75) is 44.9 Å². The zero-order valence-corrected chi connectivity index (χ0v) is 10.8. The summed E-state index contributed by atoms with van der Waals surface area (Å²) < 4.78 is 5.37. The number of likely N-dealkylation sites (tertiary alicyclic amines) is 1. The van der Waals surface area contributed by atoms with E-state index in [0.29, 0.717) is 6.54 Å². The highest BCUT2D eigenvalue weighted by molar-refractivity contribution is 5.69. The number of β-amino-alcohol motifs (C(OH)–C–C–N with tert-alkyl or cyclic N) is 1. The molecule has 2 heterocycles. The average Bonchev–Trinajstić information content (AvgIpc) is 2.55. The van der Waals surface area contributed by atoms with Crippen molar-refractivity contribution in [3.05, 3.63) is 0 Å². The fraction of sp³-hybridized carbons (Fsp3) is 0.917. The predicted octanol–water partition coefficient (Wildman–Crippen LogP) is 0.576. The molecule has 2 saturated heterocycles. The quantitative estimate of drug-likeness (QED) is 0.652. The van der Waals surface area contributed by atoms with Crippen LogP contribution in [0.4, 0.5) is 4.79 Å². The molecule has 1 amide bonds. The van der Waals surface area contributed by atoms with Crippen molar-refractivity contribution < 1.29 is 14.6 Å². The van der Waals surface area contributed by atoms with Gasteiger partial charge in [-0.2, -0.15) is 0 Å². The van der Waals surface area contributed by atoms with Crippen molar-refractivity contribution in [1.29, 1.82) is 0 Å². The molecule has 2 N–H and O–H groups in total. The summed E-state index contributed by atoms with van der Waals surface area (Å²) in [6, 6.07) is 0.0774. The second-order valence-corrected chi connectivity index (χ2v) is 5.92. The number of hydrogen-bond donors (Lipinski definition) is 2. The number of hydrogen-bond acceptors (Lipinski definition) is 4. The molecule has 3 unspecified atom stereocenters. The molecule has 2 aliphatic rings. The van der Waals surface area contributed by atoms with Gasteiger partial charge >= 0.3 is 6.09 Å². The first-order valence-electron chi connectivity index (χ1n) is 6.27. The number of nitrogens with one attached hydrogen (secondary N) is 1. The van der Waals surface area contributed by atoms with Gasteiger partial charge in [-0.15, -0.1) is 0 Å². The lowest BCUT2D eigenvalue weighted by atomic mass is 9.92. The molecular formula is C12H22N2O3. The Kier molecular flexibility index (Phi) is 3.32. The Morgan fingerprint density at radius 1 is 1.47 bits per heavy atom. The number of fused-ring (bicyclic) bond motifs is 1. The fourth-order valence-electron chi connectivity index (χ4n) is 2.66. The van der Waals surface area contributed by atoms with E-state index >= 15 is 0 Å². The zero-order chi connectivity index (χ0) is 12.6. The molecule has 5 nitrogen and oxygen atoms in total. The smallest absolute Gasteiger partial charge is 0.410 e. The number of aliphatic hydroxyl groups excluding tert-OH is 1. The number of aliphatic hydroxyl groups is 1. The normalized spacial score (nSPS) is 33.4. The lowest BCUT2D eigenvalue weighted by molar-refractivity contribution is 0.0192. The molecule has 0 aliphatic carbocycles. The summed E-state index contributed by atoms with van der Waals surface area (Å²) >= 11 is 0. The molecule has 5 heteroatoms. The van der Waals surface area contributed by atoms with Gasteiger partial charge in [0.2, 0.25) is 0 Å². The highest BCUT2D eigenvalue weighted by Crippen LogP contribution is 2.30. The van der Waals surface area contributed by atoms with Crippen LogP contribution in [0.3, 0.4) is 0 Å². The van der Waals surface area contributed by atoms with E-state index in [9.17, 15) is 9.90 Å². The lowest BCUT2D eigenvalue weighted by Gasteiger charge is -2.33. The van der Waals surface area contributed by atoms with Gasteiger partial charge < -0.3 is 20.1 Å². The minimum Gasteiger partial charge on any atom is -0.444 e. The molecule has 0 saturated carbocycles. The van der Waals surface area contributed by atoms with Gasteiger partial charge in [0.1, 0.15) is 5.60 Å². The van der Waals surface area contributed by atoms with Gasteiger partial charge in [-0.1, -0.05) is 0 Å². The van der Waals surface area contributed by atoms with E-state index in [4.69, 9.17) is 4.74 Å². The first-order valence-corrected chi connectivity index (χ1v) is 6.27. The third kappa shape index (κ3) is 2.72. The monoisotopic (exact) mass is 242 g/mol. The Morgan fingerprint density at radius 3 is 2.82 bits per heavy atom. The Bertz CT molecular complexity index is 301. The average molecular weight is 242 g/mol. The molecule has 0 bridgehead atoms. The van der Waals surface area contributed by atoms with E-state index in [2.05, 4.69) is 5.32 Å². The van der Waals surface area contributed by atoms with Gasteiger partial charge in [0, 0.05) is 12.5 Å². The Balaban J connectivity index is 2.04. The van der Waals surface area contributed by atoms with Crippen LogP contribution < -0.4 is 5.32 Å². The van der Waals surface area contributed by atoms with Crippen LogP contribution in [0, 0.1) is 5.92 Å². The molecule has 2 fully saturated rings. The molecule has 2 rings (SSSR count). The van der Waals surface area contributed by atoms with Crippen molar-refractivity contribution in [3.8, 4) is 0 Å². The summed E-state index contributed by atoms with van der Waals surface area (Å²) in [5, 5.41) is 13.2. The van der Waals surface area contributed by atoms with E-state index in [0.717, 1.165) is 19.5 Å². The fourth-order valence-corrected chi connectivity index (χ4v) is 2.66. The molecule has 0 spiro atoms. The third-order valence-corrected chi connectivity index (χ3v) is 3.41. The van der Waals surface area contributed by atoms with E-state index in [1.54, 1.807) is 4.90 Å². The van der Waals surface area contributed by atoms with Gasteiger partial charge in [-0.05, 0) is 33.7 Å². The molecule has 0 aromatic rings. The number of carbonyl (C=O) groups is 1. The van der Waals surface area contributed by atoms with E-state index < -0.39 is 11.7 Å². The topological polar surface area (TPSA) is 61.8 Å². The van der Waals surface area contributed by atoms with Crippen LogP contribution in [0.1, 0.15) is 27.2 Å². The number of nitrogens with zero attached hydrogens (tertiary/aromatic N) is 1. The van der Waals surface area contributed by atoms with Crippen molar-refractivity contribution >= 4 is 6.09 Å². The summed E-state index contributed by atoms with van der Waals surface area (Å²) in [6.07, 6.45) is 0.202. The number of carbonyl (C=O) groups excluding carboxylic acids is 1. The molecule has 3 atom stereocenters. The predicted molar refractivity (Wildman–Crippen MR) is 63.7 cm³/mol. The van der Waals surface area contributed by atoms with E-state index in [1.165, 1.54) is 0 Å². The van der Waals surface area contributed by atoms with Crippen LogP contribution in [-0.2, 0) is 4.74 Å². The van der Waals surface area contributed by atoms with Crippen LogP contribution in [0.15, 0.2) is 0 Å². The SMILES string of the molecule is CC(C)(C)OC(=O)N1CC(O)C2CCNCC21. The molecule has 0 aromatic carbocycles. The zero-order valence-electron chi connectivity index (χ0n) is 10.8. The molecule has 0 radical (unpaired) electrons. The summed E-state index contributed by atoms with van der Waals surface area (Å²) in [5.41, 5.74) is -0.484. The summed E-state index contributed by atoms with van der Waals surface area (Å²) in [4.78, 5) is 13.7. The minimum atomic E-state index is -0.484. The van der Waals surface area contributed by atoms with Crippen molar-refractivity contribution in [1.82, 2.24) is 10.2 Å². The number of piperidine rings is 1. The second kappa shape index (κ2) is 4.46. The second-order valence-electron chi connectivity index (χ2n) is 5.92. The first kappa shape index (κ1) is 12.6. The summed E-state index contributed by atoms with van der Waals surface area (Å²) in [6.45, 7) is 7.63. The van der Waals surface area contributed by atoms with E-state index in [1.807, 2.05) is 20.8 Å². The summed E-state index contributed by atoms with van der Waals surface area (Å²) in [5.74, 6) is 0.198. The summed E-state index contributed by atoms with van der Waals surface area (Å²) in [7, 11) is 0. The lowest BCUT2D eigenvalue weighted by Crippen LogP contribution is -2.49. The standard InChI is InChI=1S/C12H22N2O3/c1-12(2,3)17-11(16)14-7-10(15)8-4-5-13-6-9(8)14/h8-10,13,15H,4-7H2,1-3H3. The molecule has 98 valence electrons.